The zero-order valence-corrected chi connectivity index (χ0v) is 14.3. The number of hydrogen-bond donors (Lipinski definition) is 0. The number of nitrogens with zero attached hydrogens (tertiary/aromatic N) is 4. The normalized spacial score (nSPS) is 17.4. The molecule has 1 unspecified atom stereocenters. The van der Waals surface area contributed by atoms with Gasteiger partial charge in [0.25, 0.3) is 0 Å². The van der Waals surface area contributed by atoms with Gasteiger partial charge in [0.05, 0.1) is 12.2 Å². The van der Waals surface area contributed by atoms with Crippen molar-refractivity contribution in [3.8, 4) is 11.9 Å². The van der Waals surface area contributed by atoms with Crippen molar-refractivity contribution < 1.29 is 4.74 Å². The first-order valence-electron chi connectivity index (χ1n) is 8.03. The lowest BCUT2D eigenvalue weighted by atomic mass is 9.98. The Bertz CT molecular complexity index is 759. The van der Waals surface area contributed by atoms with Crippen molar-refractivity contribution >= 4 is 17.4 Å². The SMILES string of the molecule is Cc1ccc(C#N)c(N2CCCC(COc3ncccc3Cl)C2)n1. The maximum absolute atomic E-state index is 9.32. The third-order valence-corrected chi connectivity index (χ3v) is 4.42. The molecule has 1 aliphatic rings. The summed E-state index contributed by atoms with van der Waals surface area (Å²) in [5, 5.41) is 9.85. The summed E-state index contributed by atoms with van der Waals surface area (Å²) in [5.41, 5.74) is 1.54. The molecule has 0 aliphatic carbocycles. The number of nitriles is 1. The van der Waals surface area contributed by atoms with Gasteiger partial charge in [-0.25, -0.2) is 9.97 Å². The van der Waals surface area contributed by atoms with Crippen LogP contribution in [0.25, 0.3) is 0 Å². The zero-order chi connectivity index (χ0) is 16.9. The highest BCUT2D eigenvalue weighted by atomic mass is 35.5. The number of pyridine rings is 2. The maximum Gasteiger partial charge on any atom is 0.232 e. The summed E-state index contributed by atoms with van der Waals surface area (Å²) in [6.45, 7) is 4.22. The Balaban J connectivity index is 1.68. The van der Waals surface area contributed by atoms with Gasteiger partial charge in [-0.05, 0) is 44.0 Å². The molecule has 0 saturated carbocycles. The fourth-order valence-electron chi connectivity index (χ4n) is 2.94. The smallest absolute Gasteiger partial charge is 0.232 e. The zero-order valence-electron chi connectivity index (χ0n) is 13.6. The van der Waals surface area contributed by atoms with E-state index in [1.165, 1.54) is 0 Å². The van der Waals surface area contributed by atoms with Crippen LogP contribution in [0.3, 0.4) is 0 Å². The van der Waals surface area contributed by atoms with E-state index in [-0.39, 0.29) is 0 Å². The Morgan fingerprint density at radius 1 is 1.42 bits per heavy atom. The van der Waals surface area contributed by atoms with Gasteiger partial charge >= 0.3 is 0 Å². The van der Waals surface area contributed by atoms with Crippen molar-refractivity contribution in [2.45, 2.75) is 19.8 Å². The van der Waals surface area contributed by atoms with Crippen LogP contribution < -0.4 is 9.64 Å². The predicted molar refractivity (Wildman–Crippen MR) is 93.4 cm³/mol. The molecule has 0 N–H and O–H groups in total. The van der Waals surface area contributed by atoms with Crippen LogP contribution in [-0.2, 0) is 0 Å². The Morgan fingerprint density at radius 3 is 3.08 bits per heavy atom. The van der Waals surface area contributed by atoms with E-state index in [1.807, 2.05) is 19.1 Å². The Kier molecular flexibility index (Phi) is 5.17. The highest BCUT2D eigenvalue weighted by Gasteiger charge is 2.24. The van der Waals surface area contributed by atoms with Crippen molar-refractivity contribution in [3.63, 3.8) is 0 Å². The van der Waals surface area contributed by atoms with E-state index >= 15 is 0 Å². The van der Waals surface area contributed by atoms with Crippen LogP contribution in [0.1, 0.15) is 24.1 Å². The third-order valence-electron chi connectivity index (χ3n) is 4.13. The summed E-state index contributed by atoms with van der Waals surface area (Å²) in [6, 6.07) is 9.50. The van der Waals surface area contributed by atoms with Crippen molar-refractivity contribution in [2.75, 3.05) is 24.6 Å². The predicted octanol–water partition coefficient (Wildman–Crippen LogP) is 3.61. The van der Waals surface area contributed by atoms with E-state index < -0.39 is 0 Å². The molecule has 3 heterocycles. The number of anilines is 1. The van der Waals surface area contributed by atoms with Crippen molar-refractivity contribution in [2.24, 2.45) is 5.92 Å². The average Bonchev–Trinajstić information content (AvgIpc) is 2.61. The lowest BCUT2D eigenvalue weighted by Crippen LogP contribution is -2.38. The highest BCUT2D eigenvalue weighted by Crippen LogP contribution is 2.26. The van der Waals surface area contributed by atoms with E-state index in [9.17, 15) is 5.26 Å². The molecule has 1 atom stereocenters. The number of ether oxygens (including phenoxy) is 1. The van der Waals surface area contributed by atoms with Crippen molar-refractivity contribution in [1.82, 2.24) is 9.97 Å². The standard InChI is InChI=1S/C18H19ClN4O/c1-13-6-7-15(10-20)17(22-13)23-9-3-4-14(11-23)12-24-18-16(19)5-2-8-21-18/h2,5-8,14H,3-4,9,11-12H2,1H3. The molecule has 0 aromatic carbocycles. The van der Waals surface area contributed by atoms with E-state index in [4.69, 9.17) is 16.3 Å². The summed E-state index contributed by atoms with van der Waals surface area (Å²) in [4.78, 5) is 10.9. The fraction of sp³-hybridized carbons (Fsp3) is 0.389. The molecule has 1 saturated heterocycles. The summed E-state index contributed by atoms with van der Waals surface area (Å²) < 4.78 is 5.79. The number of hydrogen-bond acceptors (Lipinski definition) is 5. The molecule has 24 heavy (non-hydrogen) atoms. The average molecular weight is 343 g/mol. The minimum Gasteiger partial charge on any atom is -0.476 e. The van der Waals surface area contributed by atoms with Crippen LogP contribution in [0.15, 0.2) is 30.5 Å². The van der Waals surface area contributed by atoms with E-state index in [2.05, 4.69) is 20.9 Å². The van der Waals surface area contributed by atoms with Crippen LogP contribution in [0.4, 0.5) is 5.82 Å². The van der Waals surface area contributed by atoms with Gasteiger partial charge in [0.2, 0.25) is 5.88 Å². The Labute approximate surface area is 146 Å². The second-order valence-electron chi connectivity index (χ2n) is 5.99. The molecule has 6 heteroatoms. The molecule has 5 nitrogen and oxygen atoms in total. The second kappa shape index (κ2) is 7.50. The molecule has 124 valence electrons. The summed E-state index contributed by atoms with van der Waals surface area (Å²) >= 11 is 6.08. The van der Waals surface area contributed by atoms with Gasteiger partial charge in [-0.15, -0.1) is 0 Å². The summed E-state index contributed by atoms with van der Waals surface area (Å²) in [5.74, 6) is 1.60. The molecule has 2 aromatic heterocycles. The highest BCUT2D eigenvalue weighted by molar-refractivity contribution is 6.31. The lowest BCUT2D eigenvalue weighted by Gasteiger charge is -2.34. The van der Waals surface area contributed by atoms with Crippen molar-refractivity contribution in [3.05, 3.63) is 46.7 Å². The van der Waals surface area contributed by atoms with Crippen LogP contribution in [0.5, 0.6) is 5.88 Å². The number of rotatable bonds is 4. The molecule has 0 radical (unpaired) electrons. The number of aromatic nitrogens is 2. The maximum atomic E-state index is 9.32. The first-order valence-corrected chi connectivity index (χ1v) is 8.41. The number of halogens is 1. The molecule has 0 bridgehead atoms. The molecule has 0 amide bonds. The monoisotopic (exact) mass is 342 g/mol. The molecule has 1 aliphatic heterocycles. The topological polar surface area (TPSA) is 62.0 Å². The van der Waals surface area contributed by atoms with Gasteiger partial charge in [-0.2, -0.15) is 5.26 Å². The molecule has 2 aromatic rings. The third kappa shape index (κ3) is 3.77. The van der Waals surface area contributed by atoms with Crippen molar-refractivity contribution in [1.29, 1.82) is 5.26 Å². The second-order valence-corrected chi connectivity index (χ2v) is 6.40. The van der Waals surface area contributed by atoms with Crippen LogP contribution in [0, 0.1) is 24.2 Å². The van der Waals surface area contributed by atoms with E-state index in [1.54, 1.807) is 18.3 Å². The van der Waals surface area contributed by atoms with Gasteiger partial charge in [0.15, 0.2) is 0 Å². The van der Waals surface area contributed by atoms with Crippen LogP contribution >= 0.6 is 11.6 Å². The van der Waals surface area contributed by atoms with E-state index in [0.29, 0.717) is 29.0 Å². The minimum atomic E-state index is 0.352. The molecule has 1 fully saturated rings. The first-order chi connectivity index (χ1) is 11.7. The Morgan fingerprint density at radius 2 is 2.29 bits per heavy atom. The fourth-order valence-corrected chi connectivity index (χ4v) is 3.12. The quantitative estimate of drug-likeness (QED) is 0.849. The van der Waals surface area contributed by atoms with Gasteiger partial charge in [-0.3, -0.25) is 0 Å². The summed E-state index contributed by atoms with van der Waals surface area (Å²) in [7, 11) is 0. The van der Waals surface area contributed by atoms with E-state index in [0.717, 1.165) is 37.4 Å². The summed E-state index contributed by atoms with van der Waals surface area (Å²) in [6.07, 6.45) is 3.80. The van der Waals surface area contributed by atoms with Gasteiger partial charge in [0.1, 0.15) is 16.9 Å². The number of aryl methyl sites for hydroxylation is 1. The lowest BCUT2D eigenvalue weighted by molar-refractivity contribution is 0.221. The molecule has 3 rings (SSSR count). The first kappa shape index (κ1) is 16.5. The minimum absolute atomic E-state index is 0.352. The molecular weight excluding hydrogens is 324 g/mol. The largest absolute Gasteiger partial charge is 0.476 e. The number of piperidine rings is 1. The van der Waals surface area contributed by atoms with Gasteiger partial charge in [-0.1, -0.05) is 11.6 Å². The van der Waals surface area contributed by atoms with Crippen LogP contribution in [-0.4, -0.2) is 29.7 Å². The van der Waals surface area contributed by atoms with Gasteiger partial charge < -0.3 is 9.64 Å². The van der Waals surface area contributed by atoms with Gasteiger partial charge in [0, 0.05) is 30.9 Å². The molecular formula is C18H19ClN4O. The molecule has 0 spiro atoms. The Hall–Kier alpha value is -2.32. The van der Waals surface area contributed by atoms with Crippen LogP contribution in [0.2, 0.25) is 5.02 Å².